The minimum atomic E-state index is 0.515. The van der Waals surface area contributed by atoms with Gasteiger partial charge in [0.15, 0.2) is 0 Å². The SMILES string of the molecule is Clc1ccc2c(c1)-c1[nH]ncc1Cc1c(-c3ncco3)ncn1-2. The Morgan fingerprint density at radius 1 is 1.26 bits per heavy atom. The first kappa shape index (κ1) is 12.7. The Morgan fingerprint density at radius 2 is 2.22 bits per heavy atom. The summed E-state index contributed by atoms with van der Waals surface area (Å²) in [6.45, 7) is 0. The van der Waals surface area contributed by atoms with Crippen LogP contribution in [0.25, 0.3) is 28.5 Å². The molecule has 1 aromatic carbocycles. The number of halogens is 1. The molecule has 112 valence electrons. The minimum Gasteiger partial charge on any atom is -0.443 e. The summed E-state index contributed by atoms with van der Waals surface area (Å²) >= 11 is 6.19. The van der Waals surface area contributed by atoms with Crippen LogP contribution < -0.4 is 0 Å². The summed E-state index contributed by atoms with van der Waals surface area (Å²) < 4.78 is 7.48. The maximum atomic E-state index is 6.19. The summed E-state index contributed by atoms with van der Waals surface area (Å²) in [6, 6.07) is 5.79. The fourth-order valence-corrected chi connectivity index (χ4v) is 3.22. The quantitative estimate of drug-likeness (QED) is 0.512. The van der Waals surface area contributed by atoms with E-state index in [-0.39, 0.29) is 0 Å². The highest BCUT2D eigenvalue weighted by molar-refractivity contribution is 6.31. The first-order valence-corrected chi connectivity index (χ1v) is 7.47. The van der Waals surface area contributed by atoms with Gasteiger partial charge in [-0.2, -0.15) is 5.10 Å². The number of fused-ring (bicyclic) bond motifs is 5. The molecule has 1 N–H and O–H groups in total. The molecule has 7 heteroatoms. The van der Waals surface area contributed by atoms with Crippen LogP contribution in [0.3, 0.4) is 0 Å². The van der Waals surface area contributed by atoms with Crippen molar-refractivity contribution in [2.24, 2.45) is 0 Å². The Bertz CT molecular complexity index is 1020. The van der Waals surface area contributed by atoms with Crippen LogP contribution in [-0.2, 0) is 6.42 Å². The molecule has 6 nitrogen and oxygen atoms in total. The molecule has 0 atom stereocenters. The number of nitrogens with zero attached hydrogens (tertiary/aromatic N) is 4. The fraction of sp³-hybridized carbons (Fsp3) is 0.0625. The van der Waals surface area contributed by atoms with E-state index in [1.165, 1.54) is 0 Å². The molecule has 3 aromatic heterocycles. The number of benzene rings is 1. The zero-order chi connectivity index (χ0) is 15.4. The molecular weight excluding hydrogens is 314 g/mol. The van der Waals surface area contributed by atoms with E-state index in [0.29, 0.717) is 17.3 Å². The summed E-state index contributed by atoms with van der Waals surface area (Å²) in [6.07, 6.45) is 7.47. The molecule has 0 radical (unpaired) electrons. The van der Waals surface area contributed by atoms with Gasteiger partial charge in [0, 0.05) is 22.6 Å². The normalized spacial score (nSPS) is 12.4. The van der Waals surface area contributed by atoms with Gasteiger partial charge in [-0.1, -0.05) is 11.6 Å². The number of nitrogens with one attached hydrogen (secondary N) is 1. The molecule has 23 heavy (non-hydrogen) atoms. The van der Waals surface area contributed by atoms with E-state index in [0.717, 1.165) is 33.9 Å². The Morgan fingerprint density at radius 3 is 3.09 bits per heavy atom. The Balaban J connectivity index is 1.84. The van der Waals surface area contributed by atoms with Gasteiger partial charge in [-0.05, 0) is 18.2 Å². The zero-order valence-electron chi connectivity index (χ0n) is 11.8. The third kappa shape index (κ3) is 1.78. The van der Waals surface area contributed by atoms with Gasteiger partial charge in [0.2, 0.25) is 5.89 Å². The largest absolute Gasteiger partial charge is 0.443 e. The Labute approximate surface area is 135 Å². The van der Waals surface area contributed by atoms with E-state index in [2.05, 4.69) is 24.7 Å². The molecule has 0 bridgehead atoms. The average Bonchev–Trinajstić information content (AvgIpc) is 3.27. The fourth-order valence-electron chi connectivity index (χ4n) is 3.05. The summed E-state index contributed by atoms with van der Waals surface area (Å²) in [7, 11) is 0. The molecule has 1 aliphatic rings. The van der Waals surface area contributed by atoms with Gasteiger partial charge >= 0.3 is 0 Å². The van der Waals surface area contributed by atoms with E-state index in [9.17, 15) is 0 Å². The molecule has 1 aliphatic heterocycles. The lowest BCUT2D eigenvalue weighted by atomic mass is 10.0. The molecule has 4 aromatic rings. The van der Waals surface area contributed by atoms with E-state index in [4.69, 9.17) is 16.0 Å². The molecule has 0 saturated heterocycles. The van der Waals surface area contributed by atoms with Crippen LogP contribution in [0.15, 0.2) is 47.6 Å². The van der Waals surface area contributed by atoms with E-state index < -0.39 is 0 Å². The van der Waals surface area contributed by atoms with Crippen molar-refractivity contribution < 1.29 is 4.42 Å². The lowest BCUT2D eigenvalue weighted by Gasteiger charge is -2.09. The summed E-state index contributed by atoms with van der Waals surface area (Å²) in [5, 5.41) is 7.95. The average molecular weight is 324 g/mol. The van der Waals surface area contributed by atoms with Crippen molar-refractivity contribution in [2.75, 3.05) is 0 Å². The maximum absolute atomic E-state index is 6.19. The van der Waals surface area contributed by atoms with Crippen molar-refractivity contribution in [1.29, 1.82) is 0 Å². The topological polar surface area (TPSA) is 72.5 Å². The van der Waals surface area contributed by atoms with E-state index >= 15 is 0 Å². The van der Waals surface area contributed by atoms with E-state index in [1.54, 1.807) is 18.8 Å². The number of H-pyrrole nitrogens is 1. The first-order chi connectivity index (χ1) is 11.3. The summed E-state index contributed by atoms with van der Waals surface area (Å²) in [5.41, 5.74) is 5.81. The molecule has 0 amide bonds. The molecule has 4 heterocycles. The highest BCUT2D eigenvalue weighted by Crippen LogP contribution is 2.37. The Hall–Kier alpha value is -2.86. The summed E-state index contributed by atoms with van der Waals surface area (Å²) in [5.74, 6) is 0.515. The molecule has 0 unspecified atom stereocenters. The van der Waals surface area contributed by atoms with Crippen molar-refractivity contribution in [3.63, 3.8) is 0 Å². The van der Waals surface area contributed by atoms with Crippen molar-refractivity contribution in [3.8, 4) is 28.5 Å². The van der Waals surface area contributed by atoms with Gasteiger partial charge in [-0.3, -0.25) is 5.10 Å². The molecule has 0 spiro atoms. The number of aromatic amines is 1. The predicted octanol–water partition coefficient (Wildman–Crippen LogP) is 3.48. The van der Waals surface area contributed by atoms with Gasteiger partial charge in [0.25, 0.3) is 0 Å². The lowest BCUT2D eigenvalue weighted by molar-refractivity contribution is 0.571. The number of hydrogen-bond acceptors (Lipinski definition) is 4. The number of rotatable bonds is 1. The van der Waals surface area contributed by atoms with Crippen molar-refractivity contribution in [2.45, 2.75) is 6.42 Å². The van der Waals surface area contributed by atoms with Crippen LogP contribution in [0.5, 0.6) is 0 Å². The summed E-state index contributed by atoms with van der Waals surface area (Å²) in [4.78, 5) is 8.73. The highest BCUT2D eigenvalue weighted by Gasteiger charge is 2.25. The van der Waals surface area contributed by atoms with Gasteiger partial charge in [0.05, 0.1) is 29.5 Å². The third-order valence-corrected chi connectivity index (χ3v) is 4.30. The molecule has 0 aliphatic carbocycles. The lowest BCUT2D eigenvalue weighted by Crippen LogP contribution is -1.99. The second-order valence-electron chi connectivity index (χ2n) is 5.36. The van der Waals surface area contributed by atoms with Crippen molar-refractivity contribution in [1.82, 2.24) is 24.7 Å². The van der Waals surface area contributed by atoms with Crippen LogP contribution >= 0.6 is 11.6 Å². The van der Waals surface area contributed by atoms with Gasteiger partial charge < -0.3 is 8.98 Å². The van der Waals surface area contributed by atoms with E-state index in [1.807, 2.05) is 24.4 Å². The van der Waals surface area contributed by atoms with Gasteiger partial charge in [0.1, 0.15) is 18.3 Å². The van der Waals surface area contributed by atoms with Gasteiger partial charge in [-0.15, -0.1) is 0 Å². The highest BCUT2D eigenvalue weighted by atomic mass is 35.5. The second-order valence-corrected chi connectivity index (χ2v) is 5.79. The molecule has 5 rings (SSSR count). The number of hydrogen-bond donors (Lipinski definition) is 1. The monoisotopic (exact) mass is 323 g/mol. The molecular formula is C16H10ClN5O. The second kappa shape index (κ2) is 4.57. The number of imidazole rings is 1. The molecule has 0 saturated carbocycles. The van der Waals surface area contributed by atoms with Crippen LogP contribution in [0, 0.1) is 0 Å². The number of oxazole rings is 1. The zero-order valence-corrected chi connectivity index (χ0v) is 12.6. The minimum absolute atomic E-state index is 0.515. The van der Waals surface area contributed by atoms with Crippen LogP contribution in [0.4, 0.5) is 0 Å². The number of aromatic nitrogens is 5. The van der Waals surface area contributed by atoms with Crippen molar-refractivity contribution >= 4 is 11.6 Å². The first-order valence-electron chi connectivity index (χ1n) is 7.10. The van der Waals surface area contributed by atoms with Crippen LogP contribution in [-0.4, -0.2) is 24.7 Å². The standard InChI is InChI=1S/C16H10ClN5O/c17-10-1-2-12-11(6-10)14-9(7-20-21-14)5-13-15(19-8-22(12)13)16-18-3-4-23-16/h1-4,6-8H,5H2,(H,20,21). The predicted molar refractivity (Wildman–Crippen MR) is 84.5 cm³/mol. The smallest absolute Gasteiger partial charge is 0.246 e. The van der Waals surface area contributed by atoms with Gasteiger partial charge in [-0.25, -0.2) is 9.97 Å². The molecule has 0 fully saturated rings. The Kier molecular flexibility index (Phi) is 2.51. The van der Waals surface area contributed by atoms with Crippen LogP contribution in [0.2, 0.25) is 5.02 Å². The maximum Gasteiger partial charge on any atom is 0.246 e. The van der Waals surface area contributed by atoms with Crippen molar-refractivity contribution in [3.05, 3.63) is 59.5 Å². The third-order valence-electron chi connectivity index (χ3n) is 4.06. The van der Waals surface area contributed by atoms with Crippen LogP contribution in [0.1, 0.15) is 11.3 Å².